The van der Waals surface area contributed by atoms with Crippen LogP contribution in [-0.4, -0.2) is 40.9 Å². The van der Waals surface area contributed by atoms with Crippen LogP contribution in [0.15, 0.2) is 51.8 Å². The molecule has 2 aromatic carbocycles. The maximum absolute atomic E-state index is 13.5. The molecule has 1 amide bonds. The van der Waals surface area contributed by atoms with E-state index >= 15 is 0 Å². The number of carbonyl (C=O) groups is 2. The Morgan fingerprint density at radius 3 is 2.50 bits per heavy atom. The van der Waals surface area contributed by atoms with Crippen LogP contribution in [0.2, 0.25) is 0 Å². The molecule has 1 aliphatic heterocycles. The summed E-state index contributed by atoms with van der Waals surface area (Å²) < 4.78 is 17.9. The molecule has 1 heterocycles. The number of hydrogen-bond donors (Lipinski definition) is 0. The smallest absolute Gasteiger partial charge is 0.333 e. The van der Waals surface area contributed by atoms with Crippen LogP contribution in [0.5, 0.6) is 11.5 Å². The number of ether oxygens (including phenoxy) is 3. The van der Waals surface area contributed by atoms with Crippen molar-refractivity contribution in [3.8, 4) is 11.5 Å². The first-order chi connectivity index (χ1) is 16.4. The van der Waals surface area contributed by atoms with Crippen molar-refractivity contribution >= 4 is 62.2 Å². The van der Waals surface area contributed by atoms with Crippen LogP contribution in [0.25, 0.3) is 6.08 Å². The number of amides is 1. The van der Waals surface area contributed by atoms with Crippen molar-refractivity contribution < 1.29 is 23.8 Å². The van der Waals surface area contributed by atoms with E-state index in [0.29, 0.717) is 50.4 Å². The van der Waals surface area contributed by atoms with Gasteiger partial charge in [-0.3, -0.25) is 9.69 Å². The Morgan fingerprint density at radius 2 is 1.85 bits per heavy atom. The minimum atomic E-state index is -0.947. The number of hydrogen-bond acceptors (Lipinski definition) is 7. The van der Waals surface area contributed by atoms with E-state index in [0.717, 1.165) is 17.3 Å². The summed E-state index contributed by atoms with van der Waals surface area (Å²) in [6, 6.07) is 11.8. The predicted octanol–water partition coefficient (Wildman–Crippen LogP) is 6.14. The van der Waals surface area contributed by atoms with Crippen LogP contribution >= 0.6 is 39.9 Å². The second-order valence-corrected chi connectivity index (χ2v) is 9.76. The zero-order chi connectivity index (χ0) is 24.7. The van der Waals surface area contributed by atoms with Crippen molar-refractivity contribution in [1.29, 1.82) is 0 Å². The summed E-state index contributed by atoms with van der Waals surface area (Å²) in [7, 11) is 0. The van der Waals surface area contributed by atoms with Gasteiger partial charge in [0.15, 0.2) is 17.5 Å². The molecule has 3 rings (SSSR count). The van der Waals surface area contributed by atoms with Crippen molar-refractivity contribution in [2.24, 2.45) is 0 Å². The fourth-order valence-corrected chi connectivity index (χ4v) is 5.27. The summed E-state index contributed by atoms with van der Waals surface area (Å²) in [6.45, 7) is 6.94. The highest BCUT2D eigenvalue weighted by molar-refractivity contribution is 9.10. The van der Waals surface area contributed by atoms with Gasteiger partial charge in [0.2, 0.25) is 0 Å². The molecule has 0 aliphatic carbocycles. The van der Waals surface area contributed by atoms with Crippen LogP contribution in [0.1, 0.15) is 44.4 Å². The van der Waals surface area contributed by atoms with Gasteiger partial charge in [-0.15, -0.1) is 0 Å². The first-order valence-electron chi connectivity index (χ1n) is 11.0. The van der Waals surface area contributed by atoms with Gasteiger partial charge in [-0.25, -0.2) is 4.79 Å². The van der Waals surface area contributed by atoms with E-state index in [1.807, 2.05) is 51.1 Å². The molecule has 1 fully saturated rings. The summed E-state index contributed by atoms with van der Waals surface area (Å²) in [5.74, 6) is 0.330. The van der Waals surface area contributed by atoms with E-state index < -0.39 is 12.0 Å². The monoisotopic (exact) mass is 563 g/mol. The molecule has 0 spiro atoms. The van der Waals surface area contributed by atoms with Gasteiger partial charge in [0, 0.05) is 0 Å². The summed E-state index contributed by atoms with van der Waals surface area (Å²) in [4.78, 5) is 28.2. The quantitative estimate of drug-likeness (QED) is 0.195. The number of benzene rings is 2. The Morgan fingerprint density at radius 1 is 1.15 bits per heavy atom. The van der Waals surface area contributed by atoms with E-state index in [4.69, 9.17) is 26.4 Å². The van der Waals surface area contributed by atoms with Crippen molar-refractivity contribution in [3.05, 3.63) is 63.0 Å². The van der Waals surface area contributed by atoms with E-state index in [2.05, 4.69) is 15.9 Å². The van der Waals surface area contributed by atoms with Crippen molar-refractivity contribution in [2.75, 3.05) is 19.8 Å². The van der Waals surface area contributed by atoms with Crippen LogP contribution in [0.4, 0.5) is 0 Å². The molecule has 34 heavy (non-hydrogen) atoms. The highest BCUT2D eigenvalue weighted by Gasteiger charge is 2.42. The largest absolute Gasteiger partial charge is 0.490 e. The Kier molecular flexibility index (Phi) is 9.55. The van der Waals surface area contributed by atoms with Crippen molar-refractivity contribution in [3.63, 3.8) is 0 Å². The van der Waals surface area contributed by atoms with Gasteiger partial charge >= 0.3 is 5.97 Å². The van der Waals surface area contributed by atoms with Gasteiger partial charge in [-0.05, 0) is 65.5 Å². The zero-order valence-corrected chi connectivity index (χ0v) is 22.4. The highest BCUT2D eigenvalue weighted by Crippen LogP contribution is 2.41. The molecule has 6 nitrogen and oxygen atoms in total. The molecule has 1 saturated heterocycles. The van der Waals surface area contributed by atoms with E-state index in [1.165, 1.54) is 4.90 Å². The Balaban J connectivity index is 1.97. The number of thiocarbonyl (C=S) groups is 1. The van der Waals surface area contributed by atoms with Gasteiger partial charge in [-0.1, -0.05) is 61.2 Å². The molecule has 2 aromatic rings. The standard InChI is InChI=1S/C25H26BrNO5S2/c1-4-12-32-24(29)21(17-10-8-7-9-11-17)27-23(28)20(34-25(27)33)15-16-13-18(26)22(31-6-3)19(14-16)30-5-2/h7-11,13-15,21H,4-6,12H2,1-3H3/b20-15-. The Labute approximate surface area is 217 Å². The summed E-state index contributed by atoms with van der Waals surface area (Å²) in [5.41, 5.74) is 1.38. The van der Waals surface area contributed by atoms with Crippen molar-refractivity contribution in [2.45, 2.75) is 33.2 Å². The van der Waals surface area contributed by atoms with E-state index in [1.54, 1.807) is 18.2 Å². The SMILES string of the molecule is CCCOC(=O)C(c1ccccc1)N1C(=O)/C(=C/c2cc(Br)c(OCC)c(OCC)c2)SC1=S. The van der Waals surface area contributed by atoms with Gasteiger partial charge in [-0.2, -0.15) is 0 Å². The fourth-order valence-electron chi connectivity index (χ4n) is 3.38. The zero-order valence-electron chi connectivity index (χ0n) is 19.2. The molecule has 0 radical (unpaired) electrons. The van der Waals surface area contributed by atoms with Gasteiger partial charge in [0.25, 0.3) is 5.91 Å². The summed E-state index contributed by atoms with van der Waals surface area (Å²) in [6.07, 6.45) is 2.42. The minimum Gasteiger partial charge on any atom is -0.490 e. The van der Waals surface area contributed by atoms with Gasteiger partial charge < -0.3 is 14.2 Å². The number of nitrogens with zero attached hydrogens (tertiary/aromatic N) is 1. The normalized spacial score (nSPS) is 15.5. The molecular weight excluding hydrogens is 538 g/mol. The molecular formula is C25H26BrNO5S2. The summed E-state index contributed by atoms with van der Waals surface area (Å²) >= 11 is 10.2. The number of esters is 1. The van der Waals surface area contributed by atoms with Gasteiger partial charge in [0.05, 0.1) is 29.2 Å². The Bertz CT molecular complexity index is 1090. The first kappa shape index (κ1) is 26.2. The third-order valence-electron chi connectivity index (χ3n) is 4.79. The molecule has 0 aromatic heterocycles. The van der Waals surface area contributed by atoms with Crippen LogP contribution in [0, 0.1) is 0 Å². The third kappa shape index (κ3) is 6.00. The minimum absolute atomic E-state index is 0.271. The fraction of sp³-hybridized carbons (Fsp3) is 0.320. The highest BCUT2D eigenvalue weighted by atomic mass is 79.9. The first-order valence-corrected chi connectivity index (χ1v) is 13.0. The lowest BCUT2D eigenvalue weighted by Crippen LogP contribution is -2.38. The number of halogens is 1. The second-order valence-electron chi connectivity index (χ2n) is 7.23. The molecule has 0 N–H and O–H groups in total. The molecule has 1 unspecified atom stereocenters. The number of rotatable bonds is 10. The summed E-state index contributed by atoms with van der Waals surface area (Å²) in [5, 5.41) is 0. The molecule has 180 valence electrons. The van der Waals surface area contributed by atoms with Crippen molar-refractivity contribution in [1.82, 2.24) is 4.90 Å². The number of carbonyl (C=O) groups excluding carboxylic acids is 2. The molecule has 0 saturated carbocycles. The average Bonchev–Trinajstić information content (AvgIpc) is 3.09. The third-order valence-corrected chi connectivity index (χ3v) is 6.71. The molecule has 1 aliphatic rings. The lowest BCUT2D eigenvalue weighted by Gasteiger charge is -2.25. The lowest BCUT2D eigenvalue weighted by molar-refractivity contribution is -0.151. The Hall–Kier alpha value is -2.36. The van der Waals surface area contributed by atoms with Crippen LogP contribution < -0.4 is 9.47 Å². The van der Waals surface area contributed by atoms with Crippen LogP contribution in [0.3, 0.4) is 0 Å². The number of thioether (sulfide) groups is 1. The topological polar surface area (TPSA) is 65.1 Å². The second kappa shape index (κ2) is 12.4. The maximum atomic E-state index is 13.5. The molecule has 9 heteroatoms. The van der Waals surface area contributed by atoms with E-state index in [9.17, 15) is 9.59 Å². The maximum Gasteiger partial charge on any atom is 0.333 e. The lowest BCUT2D eigenvalue weighted by atomic mass is 10.1. The van der Waals surface area contributed by atoms with Crippen LogP contribution in [-0.2, 0) is 14.3 Å². The van der Waals surface area contributed by atoms with Gasteiger partial charge in [0.1, 0.15) is 4.32 Å². The molecule has 1 atom stereocenters. The predicted molar refractivity (Wildman–Crippen MR) is 142 cm³/mol. The molecule has 0 bridgehead atoms. The average molecular weight is 565 g/mol. The van der Waals surface area contributed by atoms with E-state index in [-0.39, 0.29) is 12.5 Å².